The number of allylic oxidation sites excluding steroid dienone is 1. The maximum atomic E-state index is 12.1. The van der Waals surface area contributed by atoms with E-state index in [0.29, 0.717) is 12.1 Å². The molecule has 1 N–H and O–H groups in total. The van der Waals surface area contributed by atoms with Gasteiger partial charge in [-0.1, -0.05) is 30.7 Å². The van der Waals surface area contributed by atoms with Crippen LogP contribution in [0.25, 0.3) is 0 Å². The average Bonchev–Trinajstić information content (AvgIpc) is 2.62. The molecule has 0 saturated carbocycles. The van der Waals surface area contributed by atoms with E-state index >= 15 is 0 Å². The lowest BCUT2D eigenvalue weighted by Gasteiger charge is -2.15. The molecule has 4 heteroatoms. The first-order chi connectivity index (χ1) is 11.6. The topological polar surface area (TPSA) is 55.4 Å². The molecule has 0 heterocycles. The molecule has 4 nitrogen and oxygen atoms in total. The van der Waals surface area contributed by atoms with E-state index in [9.17, 15) is 9.59 Å². The molecule has 0 aromatic heterocycles. The predicted octanol–water partition coefficient (Wildman–Crippen LogP) is 3.80. The smallest absolute Gasteiger partial charge is 0.338 e. The number of hydrogen-bond acceptors (Lipinski definition) is 3. The van der Waals surface area contributed by atoms with Gasteiger partial charge in [0, 0.05) is 6.54 Å². The minimum Gasteiger partial charge on any atom is -0.449 e. The van der Waals surface area contributed by atoms with Crippen LogP contribution in [0.2, 0.25) is 0 Å². The molecule has 1 aliphatic rings. The zero-order chi connectivity index (χ0) is 17.4. The van der Waals surface area contributed by atoms with Gasteiger partial charge in [0.15, 0.2) is 6.10 Å². The van der Waals surface area contributed by atoms with Crippen molar-refractivity contribution in [1.82, 2.24) is 5.32 Å². The lowest BCUT2D eigenvalue weighted by Crippen LogP contribution is -2.36. The SMILES string of the molecule is CCc1ccc(C(=O)OC(C)C(=O)NCCC2=CCCCC2)cc1. The summed E-state index contributed by atoms with van der Waals surface area (Å²) < 4.78 is 5.25. The Morgan fingerprint density at radius 2 is 1.96 bits per heavy atom. The van der Waals surface area contributed by atoms with E-state index in [0.717, 1.165) is 31.2 Å². The Hall–Kier alpha value is -2.10. The lowest BCUT2D eigenvalue weighted by molar-refractivity contribution is -0.129. The second kappa shape index (κ2) is 9.26. The third kappa shape index (κ3) is 5.52. The van der Waals surface area contributed by atoms with Gasteiger partial charge in [0.1, 0.15) is 0 Å². The summed E-state index contributed by atoms with van der Waals surface area (Å²) in [6, 6.07) is 7.28. The Bertz CT molecular complexity index is 589. The Balaban J connectivity index is 1.75. The largest absolute Gasteiger partial charge is 0.449 e. The van der Waals surface area contributed by atoms with Crippen LogP contribution in [-0.4, -0.2) is 24.5 Å². The number of carbonyl (C=O) groups excluding carboxylic acids is 2. The Labute approximate surface area is 144 Å². The standard InChI is InChI=1S/C20H27NO3/c1-3-16-9-11-18(12-10-16)20(23)24-15(2)19(22)21-14-13-17-7-5-4-6-8-17/h7,9-12,15H,3-6,8,13-14H2,1-2H3,(H,21,22). The highest BCUT2D eigenvalue weighted by Gasteiger charge is 2.18. The molecule has 1 unspecified atom stereocenters. The zero-order valence-corrected chi connectivity index (χ0v) is 14.6. The van der Waals surface area contributed by atoms with E-state index < -0.39 is 12.1 Å². The Kier molecular flexibility index (Phi) is 7.04. The highest BCUT2D eigenvalue weighted by Crippen LogP contribution is 2.19. The number of ether oxygens (including phenoxy) is 1. The molecule has 1 aliphatic carbocycles. The van der Waals surface area contributed by atoms with Crippen LogP contribution in [-0.2, 0) is 16.0 Å². The maximum absolute atomic E-state index is 12.1. The molecule has 24 heavy (non-hydrogen) atoms. The molecule has 1 atom stereocenters. The molecule has 1 aromatic carbocycles. The van der Waals surface area contributed by atoms with E-state index in [2.05, 4.69) is 18.3 Å². The van der Waals surface area contributed by atoms with Crippen molar-refractivity contribution in [3.8, 4) is 0 Å². The predicted molar refractivity (Wildman–Crippen MR) is 94.9 cm³/mol. The first kappa shape index (κ1) is 18.2. The van der Waals surface area contributed by atoms with Crippen LogP contribution in [0.15, 0.2) is 35.9 Å². The molecule has 0 radical (unpaired) electrons. The highest BCUT2D eigenvalue weighted by molar-refractivity contribution is 5.92. The normalized spacial score (nSPS) is 15.3. The molecular formula is C20H27NO3. The summed E-state index contributed by atoms with van der Waals surface area (Å²) in [7, 11) is 0. The van der Waals surface area contributed by atoms with Crippen molar-refractivity contribution >= 4 is 11.9 Å². The molecule has 1 aromatic rings. The number of nitrogens with one attached hydrogen (secondary N) is 1. The number of amides is 1. The molecule has 0 aliphatic heterocycles. The van der Waals surface area contributed by atoms with Crippen molar-refractivity contribution in [3.63, 3.8) is 0 Å². The summed E-state index contributed by atoms with van der Waals surface area (Å²) in [6.07, 6.45) is 8.08. The van der Waals surface area contributed by atoms with Crippen LogP contribution in [0.3, 0.4) is 0 Å². The molecular weight excluding hydrogens is 302 g/mol. The fourth-order valence-electron chi connectivity index (χ4n) is 2.78. The number of aryl methyl sites for hydroxylation is 1. The van der Waals surface area contributed by atoms with Gasteiger partial charge in [0.25, 0.3) is 5.91 Å². The van der Waals surface area contributed by atoms with Gasteiger partial charge in [-0.25, -0.2) is 4.79 Å². The van der Waals surface area contributed by atoms with Crippen LogP contribution >= 0.6 is 0 Å². The summed E-state index contributed by atoms with van der Waals surface area (Å²) in [5, 5.41) is 2.85. The van der Waals surface area contributed by atoms with Gasteiger partial charge in [-0.15, -0.1) is 0 Å². The summed E-state index contributed by atoms with van der Waals surface area (Å²) in [6.45, 7) is 4.26. The van der Waals surface area contributed by atoms with Crippen molar-refractivity contribution in [1.29, 1.82) is 0 Å². The quantitative estimate of drug-likeness (QED) is 0.611. The van der Waals surface area contributed by atoms with Gasteiger partial charge in [-0.3, -0.25) is 4.79 Å². The van der Waals surface area contributed by atoms with Crippen LogP contribution < -0.4 is 5.32 Å². The van der Waals surface area contributed by atoms with E-state index in [1.807, 2.05) is 12.1 Å². The molecule has 0 saturated heterocycles. The number of benzene rings is 1. The summed E-state index contributed by atoms with van der Waals surface area (Å²) in [5.41, 5.74) is 3.05. The number of hydrogen-bond donors (Lipinski definition) is 1. The number of rotatable bonds is 7. The van der Waals surface area contributed by atoms with Gasteiger partial charge < -0.3 is 10.1 Å². The summed E-state index contributed by atoms with van der Waals surface area (Å²) >= 11 is 0. The van der Waals surface area contributed by atoms with Gasteiger partial charge in [0.2, 0.25) is 0 Å². The third-order valence-corrected chi connectivity index (χ3v) is 4.38. The molecule has 130 valence electrons. The second-order valence-corrected chi connectivity index (χ2v) is 6.25. The lowest BCUT2D eigenvalue weighted by atomic mass is 9.97. The molecule has 0 bridgehead atoms. The highest BCUT2D eigenvalue weighted by atomic mass is 16.5. The minimum atomic E-state index is -0.788. The monoisotopic (exact) mass is 329 g/mol. The molecule has 0 fully saturated rings. The van der Waals surface area contributed by atoms with Gasteiger partial charge in [-0.2, -0.15) is 0 Å². The average molecular weight is 329 g/mol. The van der Waals surface area contributed by atoms with Crippen molar-refractivity contribution in [2.45, 2.75) is 58.5 Å². The fraction of sp³-hybridized carbons (Fsp3) is 0.500. The van der Waals surface area contributed by atoms with Gasteiger partial charge in [0.05, 0.1) is 5.56 Å². The molecule has 0 spiro atoms. The Morgan fingerprint density at radius 3 is 2.58 bits per heavy atom. The summed E-state index contributed by atoms with van der Waals surface area (Å²) in [4.78, 5) is 24.1. The van der Waals surface area contributed by atoms with Crippen LogP contribution in [0.4, 0.5) is 0 Å². The van der Waals surface area contributed by atoms with Crippen LogP contribution in [0, 0.1) is 0 Å². The van der Waals surface area contributed by atoms with Crippen molar-refractivity contribution in [3.05, 3.63) is 47.0 Å². The van der Waals surface area contributed by atoms with E-state index in [-0.39, 0.29) is 5.91 Å². The third-order valence-electron chi connectivity index (χ3n) is 4.38. The molecule has 2 rings (SSSR count). The van der Waals surface area contributed by atoms with Crippen LogP contribution in [0.5, 0.6) is 0 Å². The number of esters is 1. The van der Waals surface area contributed by atoms with Crippen molar-refractivity contribution < 1.29 is 14.3 Å². The number of carbonyl (C=O) groups is 2. The Morgan fingerprint density at radius 1 is 1.21 bits per heavy atom. The van der Waals surface area contributed by atoms with E-state index in [4.69, 9.17) is 4.74 Å². The second-order valence-electron chi connectivity index (χ2n) is 6.25. The fourth-order valence-corrected chi connectivity index (χ4v) is 2.78. The first-order valence-corrected chi connectivity index (χ1v) is 8.85. The van der Waals surface area contributed by atoms with Gasteiger partial charge in [-0.05, 0) is 63.1 Å². The zero-order valence-electron chi connectivity index (χ0n) is 14.6. The summed E-state index contributed by atoms with van der Waals surface area (Å²) in [5.74, 6) is -0.708. The van der Waals surface area contributed by atoms with Gasteiger partial charge >= 0.3 is 5.97 Å². The molecule has 1 amide bonds. The van der Waals surface area contributed by atoms with E-state index in [1.165, 1.54) is 18.4 Å². The minimum absolute atomic E-state index is 0.245. The van der Waals surface area contributed by atoms with Crippen molar-refractivity contribution in [2.24, 2.45) is 0 Å². The van der Waals surface area contributed by atoms with Crippen molar-refractivity contribution in [2.75, 3.05) is 6.54 Å². The van der Waals surface area contributed by atoms with Crippen LogP contribution in [0.1, 0.15) is 61.9 Å². The first-order valence-electron chi connectivity index (χ1n) is 8.85. The van der Waals surface area contributed by atoms with E-state index in [1.54, 1.807) is 19.1 Å². The maximum Gasteiger partial charge on any atom is 0.338 e.